The Morgan fingerprint density at radius 1 is 1.24 bits per heavy atom. The zero-order valence-corrected chi connectivity index (χ0v) is 11.4. The number of hydrogen-bond donors (Lipinski definition) is 3. The highest BCUT2D eigenvalue weighted by Gasteiger charge is 2.31. The second kappa shape index (κ2) is 5.80. The lowest BCUT2D eigenvalue weighted by Gasteiger charge is -2.17. The molecule has 2 rings (SSSR count). The monoisotopic (exact) mass is 289 g/mol. The highest BCUT2D eigenvalue weighted by atomic mass is 16.4. The van der Waals surface area contributed by atoms with Gasteiger partial charge in [0.1, 0.15) is 0 Å². The Morgan fingerprint density at radius 3 is 2.52 bits per heavy atom. The van der Waals surface area contributed by atoms with Crippen LogP contribution in [0, 0.1) is 0 Å². The van der Waals surface area contributed by atoms with Crippen molar-refractivity contribution in [2.24, 2.45) is 0 Å². The van der Waals surface area contributed by atoms with Gasteiger partial charge in [-0.05, 0) is 18.6 Å². The van der Waals surface area contributed by atoms with Crippen LogP contribution in [0.4, 0.5) is 0 Å². The number of aliphatic hydroxyl groups is 1. The van der Waals surface area contributed by atoms with Gasteiger partial charge in [-0.2, -0.15) is 0 Å². The van der Waals surface area contributed by atoms with Gasteiger partial charge in [0.15, 0.2) is 11.4 Å². The van der Waals surface area contributed by atoms with E-state index >= 15 is 0 Å². The second-order valence-corrected chi connectivity index (χ2v) is 4.79. The first-order valence-corrected chi connectivity index (χ1v) is 6.29. The lowest BCUT2D eigenvalue weighted by atomic mass is 10.1. The number of amides is 1. The van der Waals surface area contributed by atoms with Crippen molar-refractivity contribution in [1.29, 1.82) is 0 Å². The van der Waals surface area contributed by atoms with Gasteiger partial charge in [-0.3, -0.25) is 4.79 Å². The minimum absolute atomic E-state index is 0.0717. The summed E-state index contributed by atoms with van der Waals surface area (Å²) in [6.45, 7) is 0.686. The van der Waals surface area contributed by atoms with E-state index in [1.54, 1.807) is 6.07 Å². The Balaban J connectivity index is 2.15. The molecule has 0 aliphatic heterocycles. The molecule has 1 aromatic carbocycles. The SMILES string of the molecule is CC(O)(CNC(=O)c1occc1-c1ccccc1)C(=O)O. The number of carboxylic acid groups (broad SMARTS) is 1. The fourth-order valence-corrected chi connectivity index (χ4v) is 1.74. The summed E-state index contributed by atoms with van der Waals surface area (Å²) in [5, 5.41) is 20.7. The second-order valence-electron chi connectivity index (χ2n) is 4.79. The van der Waals surface area contributed by atoms with E-state index in [4.69, 9.17) is 9.52 Å². The van der Waals surface area contributed by atoms with Crippen LogP contribution in [0.2, 0.25) is 0 Å². The number of nitrogens with one attached hydrogen (secondary N) is 1. The molecule has 1 aromatic heterocycles. The maximum absolute atomic E-state index is 12.1. The van der Waals surface area contributed by atoms with Crippen molar-refractivity contribution >= 4 is 11.9 Å². The zero-order chi connectivity index (χ0) is 15.5. The summed E-state index contributed by atoms with van der Waals surface area (Å²) in [5.74, 6) is -1.92. The van der Waals surface area contributed by atoms with Gasteiger partial charge in [0.25, 0.3) is 5.91 Å². The van der Waals surface area contributed by atoms with Crippen molar-refractivity contribution in [3.63, 3.8) is 0 Å². The predicted octanol–water partition coefficient (Wildman–Crippen LogP) is 1.51. The average Bonchev–Trinajstić information content (AvgIpc) is 2.95. The zero-order valence-electron chi connectivity index (χ0n) is 11.4. The normalized spacial score (nSPS) is 13.4. The molecular formula is C15H15NO5. The molecule has 0 fully saturated rings. The van der Waals surface area contributed by atoms with Gasteiger partial charge >= 0.3 is 5.97 Å². The average molecular weight is 289 g/mol. The van der Waals surface area contributed by atoms with Crippen molar-refractivity contribution in [3.8, 4) is 11.1 Å². The Labute approximate surface area is 121 Å². The van der Waals surface area contributed by atoms with E-state index in [9.17, 15) is 14.7 Å². The number of benzene rings is 1. The van der Waals surface area contributed by atoms with E-state index in [1.165, 1.54) is 6.26 Å². The van der Waals surface area contributed by atoms with Crippen molar-refractivity contribution in [1.82, 2.24) is 5.32 Å². The van der Waals surface area contributed by atoms with Gasteiger partial charge in [0.05, 0.1) is 12.8 Å². The number of carbonyl (C=O) groups excluding carboxylic acids is 1. The molecule has 110 valence electrons. The minimum atomic E-state index is -2.03. The van der Waals surface area contributed by atoms with Crippen LogP contribution in [0.1, 0.15) is 17.5 Å². The fraction of sp³-hybridized carbons (Fsp3) is 0.200. The van der Waals surface area contributed by atoms with Gasteiger partial charge in [-0.25, -0.2) is 4.79 Å². The highest BCUT2D eigenvalue weighted by molar-refractivity contribution is 5.98. The summed E-state index contributed by atoms with van der Waals surface area (Å²) in [4.78, 5) is 22.8. The molecule has 1 unspecified atom stereocenters. The number of carbonyl (C=O) groups is 2. The Kier molecular flexibility index (Phi) is 4.09. The molecule has 0 aliphatic carbocycles. The lowest BCUT2D eigenvalue weighted by Crippen LogP contribution is -2.46. The molecule has 6 heteroatoms. The van der Waals surface area contributed by atoms with Gasteiger partial charge < -0.3 is 19.9 Å². The van der Waals surface area contributed by atoms with E-state index in [2.05, 4.69) is 5.32 Å². The van der Waals surface area contributed by atoms with Crippen LogP contribution in [0.15, 0.2) is 47.1 Å². The number of rotatable bonds is 5. The standard InChI is InChI=1S/C15H15NO5/c1-15(20,14(18)19)9-16-13(17)12-11(7-8-21-12)10-5-3-2-4-6-10/h2-8,20H,9H2,1H3,(H,16,17)(H,18,19). The van der Waals surface area contributed by atoms with Crippen LogP contribution >= 0.6 is 0 Å². The molecule has 2 aromatic rings. The topological polar surface area (TPSA) is 99.8 Å². The van der Waals surface area contributed by atoms with Crippen LogP contribution in [-0.4, -0.2) is 34.2 Å². The number of aliphatic carboxylic acids is 1. The molecule has 1 heterocycles. The highest BCUT2D eigenvalue weighted by Crippen LogP contribution is 2.24. The summed E-state index contributed by atoms with van der Waals surface area (Å²) in [7, 11) is 0. The van der Waals surface area contributed by atoms with Gasteiger partial charge in [-0.1, -0.05) is 30.3 Å². The lowest BCUT2D eigenvalue weighted by molar-refractivity contribution is -0.155. The first kappa shape index (κ1) is 14.8. The van der Waals surface area contributed by atoms with Crippen LogP contribution in [0.25, 0.3) is 11.1 Å². The largest absolute Gasteiger partial charge is 0.479 e. The number of hydrogen-bond acceptors (Lipinski definition) is 4. The molecule has 0 radical (unpaired) electrons. The van der Waals surface area contributed by atoms with Crippen molar-refractivity contribution in [3.05, 3.63) is 48.4 Å². The number of carboxylic acids is 1. The summed E-state index contributed by atoms with van der Waals surface area (Å²) >= 11 is 0. The molecule has 0 bridgehead atoms. The molecule has 0 saturated heterocycles. The van der Waals surface area contributed by atoms with Crippen molar-refractivity contribution in [2.45, 2.75) is 12.5 Å². The number of furan rings is 1. The summed E-state index contributed by atoms with van der Waals surface area (Å²) in [5.41, 5.74) is -0.626. The van der Waals surface area contributed by atoms with E-state index in [-0.39, 0.29) is 5.76 Å². The van der Waals surface area contributed by atoms with Crippen LogP contribution in [0.3, 0.4) is 0 Å². The first-order chi connectivity index (χ1) is 9.92. The predicted molar refractivity (Wildman–Crippen MR) is 74.7 cm³/mol. The third kappa shape index (κ3) is 3.29. The summed E-state index contributed by atoms with van der Waals surface area (Å²) < 4.78 is 5.17. The Hall–Kier alpha value is -2.60. The Morgan fingerprint density at radius 2 is 1.90 bits per heavy atom. The summed E-state index contributed by atoms with van der Waals surface area (Å²) in [6, 6.07) is 10.8. The third-order valence-corrected chi connectivity index (χ3v) is 3.01. The fourth-order valence-electron chi connectivity index (χ4n) is 1.74. The molecule has 3 N–H and O–H groups in total. The molecule has 1 amide bonds. The van der Waals surface area contributed by atoms with E-state index in [0.29, 0.717) is 5.56 Å². The molecule has 0 saturated carbocycles. The molecule has 21 heavy (non-hydrogen) atoms. The maximum Gasteiger partial charge on any atom is 0.337 e. The van der Waals surface area contributed by atoms with Crippen LogP contribution < -0.4 is 5.32 Å². The summed E-state index contributed by atoms with van der Waals surface area (Å²) in [6.07, 6.45) is 1.38. The molecule has 0 aliphatic rings. The van der Waals surface area contributed by atoms with Crippen molar-refractivity contribution in [2.75, 3.05) is 6.54 Å². The van der Waals surface area contributed by atoms with Gasteiger partial charge in [-0.15, -0.1) is 0 Å². The molecular weight excluding hydrogens is 274 g/mol. The molecule has 6 nitrogen and oxygen atoms in total. The van der Waals surface area contributed by atoms with E-state index in [0.717, 1.165) is 12.5 Å². The van der Waals surface area contributed by atoms with E-state index < -0.39 is 24.0 Å². The third-order valence-electron chi connectivity index (χ3n) is 3.01. The minimum Gasteiger partial charge on any atom is -0.479 e. The van der Waals surface area contributed by atoms with Crippen LogP contribution in [-0.2, 0) is 4.79 Å². The molecule has 0 spiro atoms. The van der Waals surface area contributed by atoms with Gasteiger partial charge in [0.2, 0.25) is 0 Å². The van der Waals surface area contributed by atoms with Crippen LogP contribution in [0.5, 0.6) is 0 Å². The van der Waals surface area contributed by atoms with E-state index in [1.807, 2.05) is 30.3 Å². The van der Waals surface area contributed by atoms with Crippen molar-refractivity contribution < 1.29 is 24.2 Å². The van der Waals surface area contributed by atoms with Gasteiger partial charge in [0, 0.05) is 5.56 Å². The first-order valence-electron chi connectivity index (χ1n) is 6.29. The molecule has 1 atom stereocenters. The maximum atomic E-state index is 12.1. The Bertz CT molecular complexity index is 645. The quantitative estimate of drug-likeness (QED) is 0.774. The smallest absolute Gasteiger partial charge is 0.337 e.